The Morgan fingerprint density at radius 3 is 2.67 bits per heavy atom. The van der Waals surface area contributed by atoms with Crippen LogP contribution < -0.4 is 16.4 Å². The zero-order valence-electron chi connectivity index (χ0n) is 10.5. The van der Waals surface area contributed by atoms with Crippen molar-refractivity contribution in [3.05, 3.63) is 0 Å². The highest BCUT2D eigenvalue weighted by Crippen LogP contribution is 2.23. The standard InChI is InChI=1S/C12H21N3O2.ClH/c13-7-8-3-1-2-4-9(8)15-12(17)10-5-6-11(16)14-10;/h8-10H,1-7,13H2,(H,14,16)(H,15,17);1H. The van der Waals surface area contributed by atoms with E-state index < -0.39 is 0 Å². The van der Waals surface area contributed by atoms with E-state index in [9.17, 15) is 9.59 Å². The Morgan fingerprint density at radius 2 is 2.06 bits per heavy atom. The van der Waals surface area contributed by atoms with Crippen LogP contribution in [0.1, 0.15) is 38.5 Å². The van der Waals surface area contributed by atoms with Gasteiger partial charge in [0.05, 0.1) is 0 Å². The lowest BCUT2D eigenvalue weighted by Crippen LogP contribution is -2.50. The SMILES string of the molecule is Cl.NCC1CCCCC1NC(=O)C1CCC(=O)N1. The van der Waals surface area contributed by atoms with Crippen LogP contribution >= 0.6 is 12.4 Å². The van der Waals surface area contributed by atoms with Gasteiger partial charge in [-0.3, -0.25) is 9.59 Å². The molecule has 2 aliphatic rings. The Kier molecular flexibility index (Phi) is 5.88. The Morgan fingerprint density at radius 1 is 1.33 bits per heavy atom. The maximum Gasteiger partial charge on any atom is 0.242 e. The largest absolute Gasteiger partial charge is 0.351 e. The number of amides is 2. The lowest BCUT2D eigenvalue weighted by atomic mass is 9.84. The molecule has 1 saturated heterocycles. The molecule has 2 rings (SSSR count). The van der Waals surface area contributed by atoms with E-state index >= 15 is 0 Å². The Bertz CT molecular complexity index is 312. The lowest BCUT2D eigenvalue weighted by Gasteiger charge is -2.32. The van der Waals surface area contributed by atoms with Gasteiger partial charge < -0.3 is 16.4 Å². The maximum absolute atomic E-state index is 12.0. The van der Waals surface area contributed by atoms with Crippen molar-refractivity contribution in [3.8, 4) is 0 Å². The van der Waals surface area contributed by atoms with E-state index in [1.165, 1.54) is 6.42 Å². The average molecular weight is 276 g/mol. The number of nitrogens with one attached hydrogen (secondary N) is 2. The Hall–Kier alpha value is -0.810. The Balaban J connectivity index is 0.00000162. The van der Waals surface area contributed by atoms with Gasteiger partial charge in [-0.1, -0.05) is 12.8 Å². The molecule has 0 aromatic carbocycles. The summed E-state index contributed by atoms with van der Waals surface area (Å²) in [5.41, 5.74) is 5.72. The number of halogens is 1. The molecular formula is C12H22ClN3O2. The van der Waals surface area contributed by atoms with E-state index in [2.05, 4.69) is 10.6 Å². The summed E-state index contributed by atoms with van der Waals surface area (Å²) in [4.78, 5) is 23.0. The van der Waals surface area contributed by atoms with Gasteiger partial charge in [0.1, 0.15) is 6.04 Å². The molecular weight excluding hydrogens is 254 g/mol. The third-order valence-corrected chi connectivity index (χ3v) is 3.85. The first kappa shape index (κ1) is 15.2. The third-order valence-electron chi connectivity index (χ3n) is 3.85. The second kappa shape index (κ2) is 6.95. The molecule has 0 bridgehead atoms. The molecule has 5 nitrogen and oxygen atoms in total. The molecule has 1 heterocycles. The topological polar surface area (TPSA) is 84.2 Å². The maximum atomic E-state index is 12.0. The quantitative estimate of drug-likeness (QED) is 0.694. The van der Waals surface area contributed by atoms with E-state index in [1.54, 1.807) is 0 Å². The highest BCUT2D eigenvalue weighted by atomic mass is 35.5. The molecule has 6 heteroatoms. The molecule has 18 heavy (non-hydrogen) atoms. The minimum atomic E-state index is -0.331. The average Bonchev–Trinajstić information content (AvgIpc) is 2.77. The second-order valence-electron chi connectivity index (χ2n) is 5.05. The van der Waals surface area contributed by atoms with Crippen molar-refractivity contribution in [3.63, 3.8) is 0 Å². The zero-order chi connectivity index (χ0) is 12.3. The van der Waals surface area contributed by atoms with E-state index in [-0.39, 0.29) is 36.3 Å². The number of carbonyl (C=O) groups is 2. The van der Waals surface area contributed by atoms with E-state index in [0.717, 1.165) is 19.3 Å². The van der Waals surface area contributed by atoms with Gasteiger partial charge in [-0.25, -0.2) is 0 Å². The van der Waals surface area contributed by atoms with Crippen LogP contribution in [0.15, 0.2) is 0 Å². The van der Waals surface area contributed by atoms with Gasteiger partial charge >= 0.3 is 0 Å². The molecule has 1 aliphatic carbocycles. The monoisotopic (exact) mass is 275 g/mol. The van der Waals surface area contributed by atoms with Crippen molar-refractivity contribution in [2.75, 3.05) is 6.54 Å². The predicted octanol–water partition coefficient (Wildman–Crippen LogP) is 0.320. The first-order valence-electron chi connectivity index (χ1n) is 6.50. The van der Waals surface area contributed by atoms with Crippen LogP contribution in [-0.2, 0) is 9.59 Å². The highest BCUT2D eigenvalue weighted by Gasteiger charge is 2.31. The van der Waals surface area contributed by atoms with Crippen LogP contribution in [0.5, 0.6) is 0 Å². The van der Waals surface area contributed by atoms with Gasteiger partial charge in [0.25, 0.3) is 0 Å². The normalized spacial score (nSPS) is 31.4. The predicted molar refractivity (Wildman–Crippen MR) is 71.4 cm³/mol. The van der Waals surface area contributed by atoms with Crippen LogP contribution in [-0.4, -0.2) is 30.4 Å². The minimum Gasteiger partial charge on any atom is -0.351 e. The molecule has 4 N–H and O–H groups in total. The smallest absolute Gasteiger partial charge is 0.242 e. The molecule has 104 valence electrons. The van der Waals surface area contributed by atoms with Crippen LogP contribution in [0.2, 0.25) is 0 Å². The number of hydrogen-bond donors (Lipinski definition) is 3. The van der Waals surface area contributed by atoms with Crippen molar-refractivity contribution >= 4 is 24.2 Å². The molecule has 0 radical (unpaired) electrons. The van der Waals surface area contributed by atoms with Crippen molar-refractivity contribution in [1.82, 2.24) is 10.6 Å². The first-order chi connectivity index (χ1) is 8.20. The molecule has 2 fully saturated rings. The summed E-state index contributed by atoms with van der Waals surface area (Å²) >= 11 is 0. The van der Waals surface area contributed by atoms with Gasteiger partial charge in [-0.05, 0) is 31.7 Å². The van der Waals surface area contributed by atoms with E-state index in [0.29, 0.717) is 25.3 Å². The lowest BCUT2D eigenvalue weighted by molar-refractivity contribution is -0.126. The van der Waals surface area contributed by atoms with Crippen LogP contribution in [0, 0.1) is 5.92 Å². The fourth-order valence-corrected chi connectivity index (χ4v) is 2.77. The summed E-state index contributed by atoms with van der Waals surface area (Å²) in [7, 11) is 0. The van der Waals surface area contributed by atoms with Gasteiger partial charge in [0, 0.05) is 12.5 Å². The third kappa shape index (κ3) is 3.59. The number of carbonyl (C=O) groups excluding carboxylic acids is 2. The summed E-state index contributed by atoms with van der Waals surface area (Å²) < 4.78 is 0. The summed E-state index contributed by atoms with van der Waals surface area (Å²) in [6.45, 7) is 0.627. The van der Waals surface area contributed by atoms with Crippen LogP contribution in [0.3, 0.4) is 0 Å². The molecule has 0 spiro atoms. The molecule has 1 aliphatic heterocycles. The van der Waals surface area contributed by atoms with Crippen molar-refractivity contribution in [1.29, 1.82) is 0 Å². The van der Waals surface area contributed by atoms with Crippen molar-refractivity contribution in [2.45, 2.75) is 50.6 Å². The molecule has 3 atom stereocenters. The fourth-order valence-electron chi connectivity index (χ4n) is 2.77. The van der Waals surface area contributed by atoms with Gasteiger partial charge in [-0.2, -0.15) is 0 Å². The summed E-state index contributed by atoms with van der Waals surface area (Å²) in [6.07, 6.45) is 5.54. The molecule has 0 aromatic rings. The number of nitrogens with two attached hydrogens (primary N) is 1. The van der Waals surface area contributed by atoms with Gasteiger partial charge in [0.15, 0.2) is 0 Å². The zero-order valence-corrected chi connectivity index (χ0v) is 11.3. The van der Waals surface area contributed by atoms with Crippen LogP contribution in [0.25, 0.3) is 0 Å². The minimum absolute atomic E-state index is 0. The van der Waals surface area contributed by atoms with Crippen molar-refractivity contribution < 1.29 is 9.59 Å². The summed E-state index contributed by atoms with van der Waals surface area (Å²) in [6, 6.07) is -0.137. The summed E-state index contributed by atoms with van der Waals surface area (Å²) in [5, 5.41) is 5.74. The van der Waals surface area contributed by atoms with Crippen molar-refractivity contribution in [2.24, 2.45) is 11.7 Å². The van der Waals surface area contributed by atoms with Gasteiger partial charge in [-0.15, -0.1) is 12.4 Å². The van der Waals surface area contributed by atoms with E-state index in [1.807, 2.05) is 0 Å². The second-order valence-corrected chi connectivity index (χ2v) is 5.05. The fraction of sp³-hybridized carbons (Fsp3) is 0.833. The molecule has 0 aromatic heterocycles. The highest BCUT2D eigenvalue weighted by molar-refractivity contribution is 5.90. The van der Waals surface area contributed by atoms with Gasteiger partial charge in [0.2, 0.25) is 11.8 Å². The molecule has 1 saturated carbocycles. The van der Waals surface area contributed by atoms with E-state index in [4.69, 9.17) is 5.73 Å². The Labute approximate surface area is 114 Å². The summed E-state index contributed by atoms with van der Waals surface area (Å²) in [5.74, 6) is 0.329. The first-order valence-corrected chi connectivity index (χ1v) is 6.50. The number of hydrogen-bond acceptors (Lipinski definition) is 3. The number of rotatable bonds is 3. The molecule has 3 unspecified atom stereocenters. The molecule has 2 amide bonds. The van der Waals surface area contributed by atoms with Crippen LogP contribution in [0.4, 0.5) is 0 Å².